The van der Waals surface area contributed by atoms with Crippen LogP contribution in [0.1, 0.15) is 41.9 Å². The molecular weight excluding hydrogens is 206 g/mol. The molecule has 1 saturated carbocycles. The van der Waals surface area contributed by atoms with Crippen LogP contribution < -0.4 is 5.32 Å². The predicted octanol–water partition coefficient (Wildman–Crippen LogP) is 0.753. The summed E-state index contributed by atoms with van der Waals surface area (Å²) < 4.78 is 0. The van der Waals surface area contributed by atoms with Crippen molar-refractivity contribution >= 4 is 5.91 Å². The van der Waals surface area contributed by atoms with Crippen molar-refractivity contribution < 1.29 is 9.90 Å². The summed E-state index contributed by atoms with van der Waals surface area (Å²) in [4.78, 5) is 11.7. The molecule has 0 aliphatic heterocycles. The molecule has 0 saturated heterocycles. The number of hydrogen-bond donors (Lipinski definition) is 3. The van der Waals surface area contributed by atoms with Crippen LogP contribution in [-0.4, -0.2) is 33.4 Å². The molecule has 0 bridgehead atoms. The van der Waals surface area contributed by atoms with Crippen LogP contribution in [0.5, 0.6) is 0 Å². The van der Waals surface area contributed by atoms with Gasteiger partial charge in [0.25, 0.3) is 5.91 Å². The second-order valence-corrected chi connectivity index (χ2v) is 4.55. The standard InChI is InChI=1S/C11H17N3O2/c1-8-6-9(14-13-8)10(15)12-7-11(16)4-2-3-5-11/h6,16H,2-5,7H2,1H3,(H,12,15)(H,13,14). The molecule has 88 valence electrons. The highest BCUT2D eigenvalue weighted by molar-refractivity contribution is 5.92. The Hall–Kier alpha value is -1.36. The third-order valence-corrected chi connectivity index (χ3v) is 3.05. The Morgan fingerprint density at radius 3 is 2.88 bits per heavy atom. The number of rotatable bonds is 3. The van der Waals surface area contributed by atoms with Gasteiger partial charge in [0.05, 0.1) is 5.60 Å². The molecule has 1 amide bonds. The highest BCUT2D eigenvalue weighted by Gasteiger charge is 2.31. The molecule has 16 heavy (non-hydrogen) atoms. The normalized spacial score (nSPS) is 18.6. The van der Waals surface area contributed by atoms with Gasteiger partial charge in [-0.25, -0.2) is 0 Å². The lowest BCUT2D eigenvalue weighted by Gasteiger charge is -2.21. The van der Waals surface area contributed by atoms with Crippen molar-refractivity contribution in [2.75, 3.05) is 6.54 Å². The third-order valence-electron chi connectivity index (χ3n) is 3.05. The summed E-state index contributed by atoms with van der Waals surface area (Å²) in [5.74, 6) is -0.232. The number of carbonyl (C=O) groups is 1. The number of aliphatic hydroxyl groups is 1. The average molecular weight is 223 g/mol. The molecule has 0 aromatic carbocycles. The number of H-pyrrole nitrogens is 1. The van der Waals surface area contributed by atoms with Crippen molar-refractivity contribution in [2.45, 2.75) is 38.2 Å². The number of amides is 1. The summed E-state index contributed by atoms with van der Waals surface area (Å²) in [6.07, 6.45) is 3.61. The van der Waals surface area contributed by atoms with E-state index >= 15 is 0 Å². The molecule has 0 atom stereocenters. The SMILES string of the molecule is Cc1cc(C(=O)NCC2(O)CCCC2)n[nH]1. The number of aromatic nitrogens is 2. The highest BCUT2D eigenvalue weighted by atomic mass is 16.3. The van der Waals surface area contributed by atoms with Gasteiger partial charge in [-0.1, -0.05) is 12.8 Å². The zero-order chi connectivity index (χ0) is 11.6. The Bertz CT molecular complexity index is 380. The molecular formula is C11H17N3O2. The first-order valence-electron chi connectivity index (χ1n) is 5.62. The van der Waals surface area contributed by atoms with E-state index in [-0.39, 0.29) is 5.91 Å². The van der Waals surface area contributed by atoms with Crippen LogP contribution in [-0.2, 0) is 0 Å². The van der Waals surface area contributed by atoms with Crippen LogP contribution in [0.25, 0.3) is 0 Å². The number of carbonyl (C=O) groups excluding carboxylic acids is 1. The van der Waals surface area contributed by atoms with E-state index in [0.29, 0.717) is 12.2 Å². The molecule has 1 aromatic rings. The summed E-state index contributed by atoms with van der Waals surface area (Å²) in [6.45, 7) is 2.16. The van der Waals surface area contributed by atoms with Crippen molar-refractivity contribution in [2.24, 2.45) is 0 Å². The number of aromatic amines is 1. The minimum atomic E-state index is -0.707. The van der Waals surface area contributed by atoms with Gasteiger partial charge in [0.2, 0.25) is 0 Å². The molecule has 1 fully saturated rings. The molecule has 1 aliphatic carbocycles. The van der Waals surface area contributed by atoms with E-state index < -0.39 is 5.60 Å². The Kier molecular flexibility index (Phi) is 2.96. The zero-order valence-electron chi connectivity index (χ0n) is 9.42. The highest BCUT2D eigenvalue weighted by Crippen LogP contribution is 2.28. The average Bonchev–Trinajstić information content (AvgIpc) is 2.85. The first kappa shape index (κ1) is 11.1. The molecule has 0 radical (unpaired) electrons. The second kappa shape index (κ2) is 4.25. The number of nitrogens with zero attached hydrogens (tertiary/aromatic N) is 1. The van der Waals surface area contributed by atoms with Gasteiger partial charge in [-0.2, -0.15) is 5.10 Å². The zero-order valence-corrected chi connectivity index (χ0v) is 9.42. The fourth-order valence-corrected chi connectivity index (χ4v) is 2.08. The van der Waals surface area contributed by atoms with Gasteiger partial charge in [0.15, 0.2) is 0 Å². The Labute approximate surface area is 94.2 Å². The van der Waals surface area contributed by atoms with Crippen molar-refractivity contribution in [3.8, 4) is 0 Å². The van der Waals surface area contributed by atoms with Crippen LogP contribution in [0, 0.1) is 6.92 Å². The lowest BCUT2D eigenvalue weighted by molar-refractivity contribution is 0.0448. The first-order valence-corrected chi connectivity index (χ1v) is 5.62. The van der Waals surface area contributed by atoms with E-state index in [4.69, 9.17) is 0 Å². The van der Waals surface area contributed by atoms with Gasteiger partial charge in [0, 0.05) is 12.2 Å². The van der Waals surface area contributed by atoms with Gasteiger partial charge in [-0.05, 0) is 25.8 Å². The minimum absolute atomic E-state index is 0.232. The fourth-order valence-electron chi connectivity index (χ4n) is 2.08. The Balaban J connectivity index is 1.88. The van der Waals surface area contributed by atoms with E-state index in [1.54, 1.807) is 6.07 Å². The van der Waals surface area contributed by atoms with Crippen LogP contribution in [0.3, 0.4) is 0 Å². The third kappa shape index (κ3) is 2.41. The van der Waals surface area contributed by atoms with Gasteiger partial charge < -0.3 is 10.4 Å². The molecule has 0 unspecified atom stereocenters. The molecule has 1 aromatic heterocycles. The maximum atomic E-state index is 11.7. The summed E-state index contributed by atoms with van der Waals surface area (Å²) in [7, 11) is 0. The lowest BCUT2D eigenvalue weighted by atomic mass is 10.0. The van der Waals surface area contributed by atoms with Crippen LogP contribution >= 0.6 is 0 Å². The summed E-state index contributed by atoms with van der Waals surface area (Å²) in [5.41, 5.74) is 0.518. The van der Waals surface area contributed by atoms with E-state index in [1.807, 2.05) is 6.92 Å². The van der Waals surface area contributed by atoms with Gasteiger partial charge in [-0.15, -0.1) is 0 Å². The van der Waals surface area contributed by atoms with Crippen molar-refractivity contribution in [3.05, 3.63) is 17.5 Å². The smallest absolute Gasteiger partial charge is 0.271 e. The van der Waals surface area contributed by atoms with Gasteiger partial charge >= 0.3 is 0 Å². The quantitative estimate of drug-likeness (QED) is 0.707. The minimum Gasteiger partial charge on any atom is -0.388 e. The van der Waals surface area contributed by atoms with Crippen molar-refractivity contribution in [1.29, 1.82) is 0 Å². The van der Waals surface area contributed by atoms with Gasteiger partial charge in [-0.3, -0.25) is 9.89 Å². The Morgan fingerprint density at radius 1 is 1.62 bits per heavy atom. The second-order valence-electron chi connectivity index (χ2n) is 4.55. The largest absolute Gasteiger partial charge is 0.388 e. The maximum absolute atomic E-state index is 11.7. The van der Waals surface area contributed by atoms with Crippen molar-refractivity contribution in [1.82, 2.24) is 15.5 Å². The van der Waals surface area contributed by atoms with Crippen molar-refractivity contribution in [3.63, 3.8) is 0 Å². The van der Waals surface area contributed by atoms with E-state index in [2.05, 4.69) is 15.5 Å². The molecule has 1 heterocycles. The predicted molar refractivity (Wildman–Crippen MR) is 59.1 cm³/mol. The summed E-state index contributed by atoms with van der Waals surface area (Å²) in [6, 6.07) is 1.69. The molecule has 3 N–H and O–H groups in total. The van der Waals surface area contributed by atoms with E-state index in [9.17, 15) is 9.90 Å². The summed E-state index contributed by atoms with van der Waals surface area (Å²) >= 11 is 0. The monoisotopic (exact) mass is 223 g/mol. The van der Waals surface area contributed by atoms with Crippen LogP contribution in [0.15, 0.2) is 6.07 Å². The molecule has 0 spiro atoms. The number of nitrogens with one attached hydrogen (secondary N) is 2. The lowest BCUT2D eigenvalue weighted by Crippen LogP contribution is -2.40. The molecule has 5 heteroatoms. The van der Waals surface area contributed by atoms with Gasteiger partial charge in [0.1, 0.15) is 5.69 Å². The van der Waals surface area contributed by atoms with Crippen LogP contribution in [0.2, 0.25) is 0 Å². The molecule has 2 rings (SSSR count). The molecule has 1 aliphatic rings. The topological polar surface area (TPSA) is 78.0 Å². The molecule has 5 nitrogen and oxygen atoms in total. The van der Waals surface area contributed by atoms with E-state index in [1.165, 1.54) is 0 Å². The van der Waals surface area contributed by atoms with Crippen LogP contribution in [0.4, 0.5) is 0 Å². The maximum Gasteiger partial charge on any atom is 0.271 e. The number of aryl methyl sites for hydroxylation is 1. The fraction of sp³-hybridized carbons (Fsp3) is 0.636. The van der Waals surface area contributed by atoms with E-state index in [0.717, 1.165) is 31.4 Å². The number of hydrogen-bond acceptors (Lipinski definition) is 3. The Morgan fingerprint density at radius 2 is 2.31 bits per heavy atom. The first-order chi connectivity index (χ1) is 7.59. The summed E-state index contributed by atoms with van der Waals surface area (Å²) in [5, 5.41) is 19.4.